The predicted molar refractivity (Wildman–Crippen MR) is 166 cm³/mol. The first-order chi connectivity index (χ1) is 18.0. The minimum absolute atomic E-state index is 0.718. The van der Waals surface area contributed by atoms with Crippen molar-refractivity contribution in [3.63, 3.8) is 0 Å². The normalized spacial score (nSPS) is 17.5. The van der Waals surface area contributed by atoms with Crippen molar-refractivity contribution >= 4 is 61.1 Å². The molecule has 2 aliphatic carbocycles. The Labute approximate surface area is 236 Å². The van der Waals surface area contributed by atoms with Crippen LogP contribution in [0.5, 0.6) is 0 Å². The molecule has 6 rings (SSSR count). The number of hydrogen-bond acceptors (Lipinski definition) is 1. The molecule has 4 aromatic rings. The predicted octanol–water partition coefficient (Wildman–Crippen LogP) is 11.3. The second-order valence-corrected chi connectivity index (χ2v) is 12.0. The lowest BCUT2D eigenvalue weighted by Gasteiger charge is -2.28. The summed E-state index contributed by atoms with van der Waals surface area (Å²) in [6.07, 6.45) is 7.93. The molecule has 37 heavy (non-hydrogen) atoms. The molecular weight excluding hydrogens is 582 g/mol. The molecule has 0 radical (unpaired) electrons. The zero-order valence-corrected chi connectivity index (χ0v) is 24.1. The van der Waals surface area contributed by atoms with E-state index in [9.17, 15) is 0 Å². The molecule has 2 aliphatic rings. The van der Waals surface area contributed by atoms with Gasteiger partial charge in [-0.25, -0.2) is 0 Å². The van der Waals surface area contributed by atoms with Crippen molar-refractivity contribution in [2.75, 3.05) is 4.90 Å². The summed E-state index contributed by atoms with van der Waals surface area (Å²) in [7, 11) is 0. The highest BCUT2D eigenvalue weighted by atomic mass is 79.9. The Morgan fingerprint density at radius 2 is 1.38 bits per heavy atom. The second-order valence-electron chi connectivity index (χ2n) is 10.2. The van der Waals surface area contributed by atoms with Gasteiger partial charge in [0.05, 0.1) is 0 Å². The van der Waals surface area contributed by atoms with E-state index < -0.39 is 0 Å². The van der Waals surface area contributed by atoms with E-state index >= 15 is 0 Å². The molecule has 3 heteroatoms. The number of halogens is 2. The summed E-state index contributed by atoms with van der Waals surface area (Å²) in [5.41, 5.74) is 12.6. The summed E-state index contributed by atoms with van der Waals surface area (Å²) >= 11 is 7.19. The average molecular weight is 611 g/mol. The van der Waals surface area contributed by atoms with Crippen LogP contribution in [0.3, 0.4) is 0 Å². The van der Waals surface area contributed by atoms with Crippen molar-refractivity contribution in [2.45, 2.75) is 38.0 Å². The minimum atomic E-state index is 0.718. The zero-order chi connectivity index (χ0) is 25.7. The first kappa shape index (κ1) is 24.5. The molecule has 0 spiro atoms. The first-order valence-electron chi connectivity index (χ1n) is 12.9. The van der Waals surface area contributed by atoms with Gasteiger partial charge in [0.2, 0.25) is 0 Å². The molecule has 184 valence electrons. The SMILES string of the molecule is C=Cc1cc(N(c2ccc(Br)cc2)c2ccc(Br)cc2)cc(-c2cc(C)c3c(c2)C2CCC3C2)c1C=C. The summed E-state index contributed by atoms with van der Waals surface area (Å²) in [4.78, 5) is 2.31. The molecule has 0 amide bonds. The van der Waals surface area contributed by atoms with Crippen molar-refractivity contribution in [1.29, 1.82) is 0 Å². The van der Waals surface area contributed by atoms with E-state index in [0.29, 0.717) is 0 Å². The molecule has 1 saturated carbocycles. The lowest BCUT2D eigenvalue weighted by Crippen LogP contribution is -2.11. The van der Waals surface area contributed by atoms with Crippen LogP contribution in [0.2, 0.25) is 0 Å². The first-order valence-corrected chi connectivity index (χ1v) is 14.4. The molecule has 0 aromatic heterocycles. The van der Waals surface area contributed by atoms with Crippen LogP contribution in [-0.2, 0) is 0 Å². The molecule has 1 nitrogen and oxygen atoms in total. The van der Waals surface area contributed by atoms with Crippen LogP contribution in [0, 0.1) is 6.92 Å². The molecule has 4 aromatic carbocycles. The van der Waals surface area contributed by atoms with Crippen molar-refractivity contribution in [2.24, 2.45) is 0 Å². The highest BCUT2D eigenvalue weighted by Crippen LogP contribution is 2.55. The average Bonchev–Trinajstić information content (AvgIpc) is 3.53. The molecule has 2 bridgehead atoms. The number of hydrogen-bond donors (Lipinski definition) is 0. The maximum atomic E-state index is 4.20. The van der Waals surface area contributed by atoms with Crippen LogP contribution in [0.1, 0.15) is 58.9 Å². The van der Waals surface area contributed by atoms with Gasteiger partial charge in [-0.2, -0.15) is 0 Å². The highest BCUT2D eigenvalue weighted by molar-refractivity contribution is 9.10. The number of fused-ring (bicyclic) bond motifs is 5. The third kappa shape index (κ3) is 4.32. The number of aryl methyl sites for hydroxylation is 1. The summed E-state index contributed by atoms with van der Waals surface area (Å²) in [6, 6.07) is 26.4. The summed E-state index contributed by atoms with van der Waals surface area (Å²) in [6.45, 7) is 10.7. The van der Waals surface area contributed by atoms with Crippen molar-refractivity contribution in [3.8, 4) is 11.1 Å². The molecule has 1 fully saturated rings. The van der Waals surface area contributed by atoms with Crippen LogP contribution in [0.25, 0.3) is 23.3 Å². The van der Waals surface area contributed by atoms with Gasteiger partial charge in [0.1, 0.15) is 0 Å². The molecule has 2 unspecified atom stereocenters. The fourth-order valence-electron chi connectivity index (χ4n) is 6.45. The fourth-order valence-corrected chi connectivity index (χ4v) is 6.98. The van der Waals surface area contributed by atoms with Crippen LogP contribution >= 0.6 is 31.9 Å². The summed E-state index contributed by atoms with van der Waals surface area (Å²) in [5, 5.41) is 0. The van der Waals surface area contributed by atoms with E-state index in [1.807, 2.05) is 12.2 Å². The Kier molecular flexibility index (Phi) is 6.46. The number of nitrogens with zero attached hydrogens (tertiary/aromatic N) is 1. The molecule has 0 saturated heterocycles. The quantitative estimate of drug-likeness (QED) is 0.210. The standard InChI is InChI=1S/C34H29Br2N/c1-4-22-18-30(37(28-12-8-26(35)9-13-28)29-14-10-27(36)11-15-29)20-32(31(22)5-2)25-16-21(3)34-24-7-6-23(17-24)33(34)19-25/h4-5,8-16,18-20,23-24H,1-2,6-7,17H2,3H3. The fraction of sp³-hybridized carbons (Fsp3) is 0.176. The number of rotatable bonds is 6. The Balaban J connectivity index is 1.57. The van der Waals surface area contributed by atoms with Gasteiger partial charge < -0.3 is 4.90 Å². The Bertz CT molecular complexity index is 1470. The van der Waals surface area contributed by atoms with E-state index in [0.717, 1.165) is 49.0 Å². The summed E-state index contributed by atoms with van der Waals surface area (Å²) in [5.74, 6) is 1.48. The van der Waals surface area contributed by atoms with Gasteiger partial charge in [-0.1, -0.05) is 69.3 Å². The summed E-state index contributed by atoms with van der Waals surface area (Å²) < 4.78 is 2.12. The van der Waals surface area contributed by atoms with Gasteiger partial charge in [0, 0.05) is 26.0 Å². The number of anilines is 3. The minimum Gasteiger partial charge on any atom is -0.310 e. The smallest absolute Gasteiger partial charge is 0.0474 e. The Morgan fingerprint density at radius 1 is 0.757 bits per heavy atom. The monoisotopic (exact) mass is 609 g/mol. The third-order valence-electron chi connectivity index (χ3n) is 8.06. The van der Waals surface area contributed by atoms with Crippen LogP contribution in [-0.4, -0.2) is 0 Å². The van der Waals surface area contributed by atoms with Crippen molar-refractivity contribution in [1.82, 2.24) is 0 Å². The lowest BCUT2D eigenvalue weighted by molar-refractivity contribution is 0.714. The maximum Gasteiger partial charge on any atom is 0.0474 e. The van der Waals surface area contributed by atoms with E-state index in [1.165, 1.54) is 36.0 Å². The van der Waals surface area contributed by atoms with Crippen molar-refractivity contribution < 1.29 is 0 Å². The van der Waals surface area contributed by atoms with Gasteiger partial charge >= 0.3 is 0 Å². The number of benzene rings is 4. The topological polar surface area (TPSA) is 3.24 Å². The molecule has 0 N–H and O–H groups in total. The maximum absolute atomic E-state index is 4.20. The van der Waals surface area contributed by atoms with Crippen LogP contribution in [0.4, 0.5) is 17.1 Å². The van der Waals surface area contributed by atoms with Crippen molar-refractivity contribution in [3.05, 3.63) is 123 Å². The van der Waals surface area contributed by atoms with Gasteiger partial charge in [-0.15, -0.1) is 0 Å². The van der Waals surface area contributed by atoms with Gasteiger partial charge in [0.15, 0.2) is 0 Å². The van der Waals surface area contributed by atoms with E-state index in [2.05, 4.69) is 130 Å². The van der Waals surface area contributed by atoms with Gasteiger partial charge in [0.25, 0.3) is 0 Å². The van der Waals surface area contributed by atoms with E-state index in [1.54, 1.807) is 11.1 Å². The second kappa shape index (κ2) is 9.78. The van der Waals surface area contributed by atoms with Gasteiger partial charge in [-0.3, -0.25) is 0 Å². The van der Waals surface area contributed by atoms with Gasteiger partial charge in [-0.05, 0) is 138 Å². The van der Waals surface area contributed by atoms with Crippen LogP contribution < -0.4 is 4.90 Å². The van der Waals surface area contributed by atoms with E-state index in [4.69, 9.17) is 0 Å². The molecule has 0 aliphatic heterocycles. The van der Waals surface area contributed by atoms with E-state index in [-0.39, 0.29) is 0 Å². The van der Waals surface area contributed by atoms with Crippen LogP contribution in [0.15, 0.2) is 94.9 Å². The molecule has 2 atom stereocenters. The Morgan fingerprint density at radius 3 is 1.97 bits per heavy atom. The molecule has 0 heterocycles. The zero-order valence-electron chi connectivity index (χ0n) is 21.0. The largest absolute Gasteiger partial charge is 0.310 e. The highest BCUT2D eigenvalue weighted by Gasteiger charge is 2.38. The lowest BCUT2D eigenvalue weighted by atomic mass is 9.84. The third-order valence-corrected chi connectivity index (χ3v) is 9.12. The Hall–Kier alpha value is -2.88. The molecular formula is C34H29Br2N.